The van der Waals surface area contributed by atoms with Crippen molar-refractivity contribution in [2.75, 3.05) is 0 Å². The highest BCUT2D eigenvalue weighted by molar-refractivity contribution is 6.17. The van der Waals surface area contributed by atoms with Gasteiger partial charge in [-0.15, -0.1) is 0 Å². The highest BCUT2D eigenvalue weighted by Crippen LogP contribution is 2.42. The summed E-state index contributed by atoms with van der Waals surface area (Å²) in [6.45, 7) is 13.4. The molecular formula is C14H27B. The summed E-state index contributed by atoms with van der Waals surface area (Å²) in [5, 5.41) is -0.107. The van der Waals surface area contributed by atoms with Crippen molar-refractivity contribution in [1.29, 1.82) is 0 Å². The van der Waals surface area contributed by atoms with Crippen LogP contribution in [0, 0.1) is 5.92 Å². The van der Waals surface area contributed by atoms with Crippen LogP contribution in [0.3, 0.4) is 0 Å². The molecule has 0 aromatic carbocycles. The summed E-state index contributed by atoms with van der Waals surface area (Å²) in [5.41, 5.74) is 2.98. The van der Waals surface area contributed by atoms with E-state index < -0.39 is 0 Å². The lowest BCUT2D eigenvalue weighted by Gasteiger charge is -2.32. The van der Waals surface area contributed by atoms with Gasteiger partial charge < -0.3 is 0 Å². The van der Waals surface area contributed by atoms with Crippen LogP contribution in [0.4, 0.5) is 0 Å². The van der Waals surface area contributed by atoms with Crippen LogP contribution in [-0.4, -0.2) is 7.85 Å². The standard InChI is InChI=1S/C14H27B/c1-7-9-13(12(5)8-2)14(6,15)10-11(3)4/h11H,7-10H2,1-6H3/b13-12-. The first-order valence-corrected chi connectivity index (χ1v) is 6.33. The van der Waals surface area contributed by atoms with Crippen LogP contribution in [0.5, 0.6) is 0 Å². The summed E-state index contributed by atoms with van der Waals surface area (Å²) in [6, 6.07) is 0. The maximum absolute atomic E-state index is 6.47. The molecule has 86 valence electrons. The second kappa shape index (κ2) is 6.40. The van der Waals surface area contributed by atoms with Gasteiger partial charge in [0.15, 0.2) is 0 Å². The van der Waals surface area contributed by atoms with Crippen LogP contribution in [0.15, 0.2) is 11.1 Å². The van der Waals surface area contributed by atoms with Gasteiger partial charge in [-0.25, -0.2) is 0 Å². The Morgan fingerprint density at radius 2 is 1.80 bits per heavy atom. The van der Waals surface area contributed by atoms with Crippen molar-refractivity contribution in [3.8, 4) is 0 Å². The normalized spacial score (nSPS) is 17.5. The minimum atomic E-state index is -0.107. The van der Waals surface area contributed by atoms with Crippen LogP contribution < -0.4 is 0 Å². The molecule has 1 unspecified atom stereocenters. The molecule has 0 amide bonds. The Morgan fingerprint density at radius 1 is 1.27 bits per heavy atom. The molecule has 2 radical (unpaired) electrons. The van der Waals surface area contributed by atoms with Crippen molar-refractivity contribution in [3.63, 3.8) is 0 Å². The summed E-state index contributed by atoms with van der Waals surface area (Å²) in [4.78, 5) is 0. The van der Waals surface area contributed by atoms with E-state index in [4.69, 9.17) is 7.85 Å². The van der Waals surface area contributed by atoms with Crippen molar-refractivity contribution >= 4 is 7.85 Å². The second-order valence-corrected chi connectivity index (χ2v) is 5.38. The Kier molecular flexibility index (Phi) is 6.32. The van der Waals surface area contributed by atoms with Crippen LogP contribution in [-0.2, 0) is 0 Å². The molecule has 0 heterocycles. The van der Waals surface area contributed by atoms with E-state index in [1.54, 1.807) is 0 Å². The zero-order chi connectivity index (χ0) is 12.1. The Balaban J connectivity index is 4.90. The Bertz CT molecular complexity index is 211. The molecule has 0 saturated heterocycles. The van der Waals surface area contributed by atoms with Crippen molar-refractivity contribution in [2.24, 2.45) is 5.92 Å². The van der Waals surface area contributed by atoms with E-state index in [1.165, 1.54) is 17.6 Å². The fourth-order valence-corrected chi connectivity index (χ4v) is 2.42. The maximum atomic E-state index is 6.47. The molecule has 0 bridgehead atoms. The molecule has 0 aromatic rings. The van der Waals surface area contributed by atoms with E-state index >= 15 is 0 Å². The summed E-state index contributed by atoms with van der Waals surface area (Å²) >= 11 is 0. The van der Waals surface area contributed by atoms with Crippen LogP contribution in [0.2, 0.25) is 5.31 Å². The van der Waals surface area contributed by atoms with E-state index in [0.717, 1.165) is 19.3 Å². The van der Waals surface area contributed by atoms with Crippen LogP contribution in [0.25, 0.3) is 0 Å². The van der Waals surface area contributed by atoms with E-state index in [1.807, 2.05) is 0 Å². The van der Waals surface area contributed by atoms with Crippen molar-refractivity contribution < 1.29 is 0 Å². The minimum Gasteiger partial charge on any atom is -0.0746 e. The Morgan fingerprint density at radius 3 is 2.13 bits per heavy atom. The monoisotopic (exact) mass is 206 g/mol. The van der Waals surface area contributed by atoms with E-state index in [-0.39, 0.29) is 5.31 Å². The molecule has 0 rings (SSSR count). The third-order valence-electron chi connectivity index (χ3n) is 3.07. The summed E-state index contributed by atoms with van der Waals surface area (Å²) < 4.78 is 0. The fraction of sp³-hybridized carbons (Fsp3) is 0.857. The molecule has 1 atom stereocenters. The highest BCUT2D eigenvalue weighted by atomic mass is 14.3. The molecule has 0 fully saturated rings. The lowest BCUT2D eigenvalue weighted by molar-refractivity contribution is 0.487. The Hall–Kier alpha value is -0.195. The number of rotatable bonds is 6. The average Bonchev–Trinajstić information content (AvgIpc) is 2.10. The van der Waals surface area contributed by atoms with Gasteiger partial charge in [-0.1, -0.05) is 52.2 Å². The van der Waals surface area contributed by atoms with Crippen LogP contribution in [0.1, 0.15) is 67.2 Å². The smallest absolute Gasteiger partial charge is 0.0746 e. The highest BCUT2D eigenvalue weighted by Gasteiger charge is 2.24. The van der Waals surface area contributed by atoms with Gasteiger partial charge >= 0.3 is 0 Å². The predicted molar refractivity (Wildman–Crippen MR) is 71.5 cm³/mol. The predicted octanol–water partition coefficient (Wildman–Crippen LogP) is 4.91. The van der Waals surface area contributed by atoms with E-state index in [0.29, 0.717) is 5.92 Å². The molecule has 0 saturated carbocycles. The SMILES string of the molecule is [B]C(C)(CC(C)C)/C(CCC)=C(/C)CC. The molecule has 15 heavy (non-hydrogen) atoms. The van der Waals surface area contributed by atoms with Gasteiger partial charge in [-0.05, 0) is 37.4 Å². The zero-order valence-electron chi connectivity index (χ0n) is 11.5. The second-order valence-electron chi connectivity index (χ2n) is 5.38. The summed E-state index contributed by atoms with van der Waals surface area (Å²) in [7, 11) is 6.47. The fourth-order valence-electron chi connectivity index (χ4n) is 2.42. The first-order valence-electron chi connectivity index (χ1n) is 6.33. The zero-order valence-corrected chi connectivity index (χ0v) is 11.5. The molecule has 0 aromatic heterocycles. The number of hydrogen-bond acceptors (Lipinski definition) is 0. The lowest BCUT2D eigenvalue weighted by Crippen LogP contribution is -2.16. The average molecular weight is 206 g/mol. The molecule has 0 aliphatic rings. The summed E-state index contributed by atoms with van der Waals surface area (Å²) in [6.07, 6.45) is 4.55. The van der Waals surface area contributed by atoms with Gasteiger partial charge in [0.25, 0.3) is 0 Å². The minimum absolute atomic E-state index is 0.107. The van der Waals surface area contributed by atoms with Gasteiger partial charge in [0.05, 0.1) is 7.85 Å². The van der Waals surface area contributed by atoms with Gasteiger partial charge in [0, 0.05) is 0 Å². The molecular weight excluding hydrogens is 179 g/mol. The van der Waals surface area contributed by atoms with E-state index in [9.17, 15) is 0 Å². The summed E-state index contributed by atoms with van der Waals surface area (Å²) in [5.74, 6) is 0.663. The van der Waals surface area contributed by atoms with Crippen molar-refractivity contribution in [1.82, 2.24) is 0 Å². The van der Waals surface area contributed by atoms with Gasteiger partial charge in [-0.3, -0.25) is 0 Å². The topological polar surface area (TPSA) is 0 Å². The lowest BCUT2D eigenvalue weighted by atomic mass is 9.59. The molecule has 0 aliphatic carbocycles. The first-order chi connectivity index (χ1) is 6.85. The van der Waals surface area contributed by atoms with Gasteiger partial charge in [0.2, 0.25) is 0 Å². The first kappa shape index (κ1) is 14.8. The molecule has 0 N–H and O–H groups in total. The molecule has 0 spiro atoms. The van der Waals surface area contributed by atoms with Crippen molar-refractivity contribution in [2.45, 2.75) is 72.5 Å². The van der Waals surface area contributed by atoms with Gasteiger partial charge in [-0.2, -0.15) is 0 Å². The maximum Gasteiger partial charge on any atom is 0.0802 e. The van der Waals surface area contributed by atoms with Gasteiger partial charge in [0.1, 0.15) is 0 Å². The van der Waals surface area contributed by atoms with Crippen LogP contribution >= 0.6 is 0 Å². The molecule has 0 nitrogen and oxygen atoms in total. The third kappa shape index (κ3) is 4.90. The van der Waals surface area contributed by atoms with Crippen molar-refractivity contribution in [3.05, 3.63) is 11.1 Å². The number of allylic oxidation sites excluding steroid dienone is 2. The Labute approximate surface area is 97.9 Å². The van der Waals surface area contributed by atoms with E-state index in [2.05, 4.69) is 41.5 Å². The number of hydrogen-bond donors (Lipinski definition) is 0. The third-order valence-corrected chi connectivity index (χ3v) is 3.07. The quantitative estimate of drug-likeness (QED) is 0.428. The molecule has 1 heteroatoms. The largest absolute Gasteiger partial charge is 0.0802 e. The molecule has 0 aliphatic heterocycles.